The van der Waals surface area contributed by atoms with Gasteiger partial charge in [-0.1, -0.05) is 191 Å². The molecular weight excluding hydrogens is 590 g/mol. The largest absolute Gasteiger partial charge is 0.112 e. The summed E-state index contributed by atoms with van der Waals surface area (Å²) in [6.45, 7) is 9.20. The molecule has 226 valence electrons. The maximum Gasteiger partial charge on any atom is 0.00753 e. The summed E-state index contributed by atoms with van der Waals surface area (Å²) in [5, 5.41) is 8.14. The highest BCUT2D eigenvalue weighted by Gasteiger charge is 2.27. The average molecular weight is 631 g/mol. The Bertz CT molecular complexity index is 1870. The van der Waals surface area contributed by atoms with Gasteiger partial charge in [0.15, 0.2) is 0 Å². The molecular formula is C44H40P2. The van der Waals surface area contributed by atoms with Gasteiger partial charge in [-0.15, -0.1) is 5.73 Å². The zero-order valence-electron chi connectivity index (χ0n) is 27.1. The van der Waals surface area contributed by atoms with Gasteiger partial charge in [-0.05, 0) is 76.7 Å². The zero-order valence-corrected chi connectivity index (χ0v) is 28.8. The second kappa shape index (κ2) is 14.4. The molecule has 2 heteroatoms. The Labute approximate surface area is 277 Å². The van der Waals surface area contributed by atoms with Gasteiger partial charge in [0, 0.05) is 5.57 Å². The standard InChI is InChI=1S/C44H40P2/c1-34(39-29-17-19-31-42(39)45(35-21-9-5-10-22-35)36-23-11-6-12-24-36)33-41(44(2,3)4)40-30-18-20-32-43(40)46(37-25-13-7-14-26-37)38-27-15-8-16-28-38/h5-32H,1-4H3. The molecule has 0 saturated carbocycles. The van der Waals surface area contributed by atoms with Crippen molar-refractivity contribution in [3.05, 3.63) is 187 Å². The summed E-state index contributed by atoms with van der Waals surface area (Å²) in [6.07, 6.45) is 0. The van der Waals surface area contributed by atoms with Gasteiger partial charge in [0.25, 0.3) is 0 Å². The first kappa shape index (κ1) is 31.7. The fourth-order valence-corrected chi connectivity index (χ4v) is 10.9. The molecule has 0 aromatic heterocycles. The van der Waals surface area contributed by atoms with Crippen LogP contribution >= 0.6 is 15.8 Å². The van der Waals surface area contributed by atoms with E-state index in [2.05, 4.69) is 203 Å². The molecule has 0 amide bonds. The molecule has 0 spiro atoms. The Balaban J connectivity index is 1.58. The molecule has 0 N–H and O–H groups in total. The third-order valence-corrected chi connectivity index (χ3v) is 13.1. The van der Waals surface area contributed by atoms with Crippen molar-refractivity contribution >= 4 is 58.8 Å². The molecule has 0 unspecified atom stereocenters. The van der Waals surface area contributed by atoms with Crippen LogP contribution in [0.4, 0.5) is 0 Å². The molecule has 0 radical (unpaired) electrons. The third kappa shape index (κ3) is 7.07. The maximum atomic E-state index is 4.04. The van der Waals surface area contributed by atoms with Crippen molar-refractivity contribution in [1.82, 2.24) is 0 Å². The molecule has 6 aromatic rings. The van der Waals surface area contributed by atoms with E-state index in [0.717, 1.165) is 0 Å². The Hall–Kier alpha value is -4.30. The summed E-state index contributed by atoms with van der Waals surface area (Å²) in [5.74, 6) is 0. The Kier molecular flexibility index (Phi) is 9.93. The van der Waals surface area contributed by atoms with Crippen LogP contribution in [-0.2, 0) is 0 Å². The van der Waals surface area contributed by atoms with Crippen LogP contribution in [0.3, 0.4) is 0 Å². The SMILES string of the molecule is CC(=C=C(c1ccccc1P(c1ccccc1)c1ccccc1)C(C)(C)C)c1ccccc1P(c1ccccc1)c1ccccc1. The number of hydrogen-bond donors (Lipinski definition) is 0. The average Bonchev–Trinajstić information content (AvgIpc) is 3.09. The summed E-state index contributed by atoms with van der Waals surface area (Å²) in [4.78, 5) is 0. The molecule has 0 heterocycles. The van der Waals surface area contributed by atoms with E-state index in [-0.39, 0.29) is 5.41 Å². The smallest absolute Gasteiger partial charge is 0.00753 e. The predicted octanol–water partition coefficient (Wildman–Crippen LogP) is 9.33. The zero-order chi connectivity index (χ0) is 31.9. The number of rotatable bonds is 8. The lowest BCUT2D eigenvalue weighted by Crippen LogP contribution is -2.25. The highest BCUT2D eigenvalue weighted by Crippen LogP contribution is 2.41. The van der Waals surface area contributed by atoms with Gasteiger partial charge in [-0.25, -0.2) is 0 Å². The molecule has 6 aromatic carbocycles. The van der Waals surface area contributed by atoms with E-state index < -0.39 is 15.8 Å². The number of hydrogen-bond acceptors (Lipinski definition) is 0. The third-order valence-electron chi connectivity index (χ3n) is 8.08. The molecule has 6 rings (SSSR count). The number of allylic oxidation sites excluding steroid dienone is 1. The van der Waals surface area contributed by atoms with Crippen molar-refractivity contribution in [2.45, 2.75) is 27.7 Å². The Morgan fingerprint density at radius 3 is 1.09 bits per heavy atom. The van der Waals surface area contributed by atoms with E-state index in [1.165, 1.54) is 54.1 Å². The van der Waals surface area contributed by atoms with Crippen molar-refractivity contribution in [3.63, 3.8) is 0 Å². The summed E-state index contributed by atoms with van der Waals surface area (Å²) >= 11 is 0. The van der Waals surface area contributed by atoms with Gasteiger partial charge < -0.3 is 0 Å². The highest BCUT2D eigenvalue weighted by atomic mass is 31.1. The second-order valence-electron chi connectivity index (χ2n) is 12.4. The topological polar surface area (TPSA) is 0 Å². The second-order valence-corrected chi connectivity index (χ2v) is 16.8. The minimum Gasteiger partial charge on any atom is -0.112 e. The first-order valence-electron chi connectivity index (χ1n) is 15.9. The van der Waals surface area contributed by atoms with E-state index in [0.29, 0.717) is 0 Å². The van der Waals surface area contributed by atoms with Crippen molar-refractivity contribution in [3.8, 4) is 0 Å². The van der Waals surface area contributed by atoms with Gasteiger partial charge in [0.2, 0.25) is 0 Å². The van der Waals surface area contributed by atoms with Gasteiger partial charge in [0.1, 0.15) is 0 Å². The fourth-order valence-electron chi connectivity index (χ4n) is 5.94. The van der Waals surface area contributed by atoms with Crippen LogP contribution in [0.25, 0.3) is 11.1 Å². The van der Waals surface area contributed by atoms with E-state index in [9.17, 15) is 0 Å². The summed E-state index contributed by atoms with van der Waals surface area (Å²) in [5.41, 5.74) is 8.84. The summed E-state index contributed by atoms with van der Waals surface area (Å²) in [7, 11) is -1.52. The van der Waals surface area contributed by atoms with Gasteiger partial charge in [-0.2, -0.15) is 0 Å². The summed E-state index contributed by atoms with van der Waals surface area (Å²) in [6, 6.07) is 61.9. The predicted molar refractivity (Wildman–Crippen MR) is 206 cm³/mol. The van der Waals surface area contributed by atoms with Gasteiger partial charge >= 0.3 is 0 Å². The lowest BCUT2D eigenvalue weighted by Gasteiger charge is -2.28. The first-order valence-corrected chi connectivity index (χ1v) is 18.6. The van der Waals surface area contributed by atoms with E-state index in [1.54, 1.807) is 0 Å². The normalized spacial score (nSPS) is 11.3. The van der Waals surface area contributed by atoms with E-state index in [4.69, 9.17) is 0 Å². The lowest BCUT2D eigenvalue weighted by atomic mass is 9.82. The van der Waals surface area contributed by atoms with Gasteiger partial charge in [-0.3, -0.25) is 0 Å². The molecule has 0 nitrogen and oxygen atoms in total. The maximum absolute atomic E-state index is 4.04. The molecule has 0 atom stereocenters. The molecule has 0 saturated heterocycles. The lowest BCUT2D eigenvalue weighted by molar-refractivity contribution is 0.568. The van der Waals surface area contributed by atoms with Crippen LogP contribution in [0.1, 0.15) is 38.8 Å². The number of benzene rings is 6. The molecule has 0 fully saturated rings. The minimum atomic E-state index is -0.770. The Morgan fingerprint density at radius 2 is 0.717 bits per heavy atom. The van der Waals surface area contributed by atoms with Crippen molar-refractivity contribution in [2.24, 2.45) is 5.41 Å². The van der Waals surface area contributed by atoms with E-state index in [1.807, 2.05) is 0 Å². The van der Waals surface area contributed by atoms with Crippen LogP contribution < -0.4 is 31.8 Å². The Morgan fingerprint density at radius 1 is 0.413 bits per heavy atom. The van der Waals surface area contributed by atoms with Crippen LogP contribution in [0.15, 0.2) is 176 Å². The van der Waals surface area contributed by atoms with Crippen LogP contribution in [-0.4, -0.2) is 0 Å². The van der Waals surface area contributed by atoms with Crippen LogP contribution in [0, 0.1) is 5.41 Å². The molecule has 0 aliphatic rings. The van der Waals surface area contributed by atoms with Crippen molar-refractivity contribution in [1.29, 1.82) is 0 Å². The molecule has 0 bridgehead atoms. The quantitative estimate of drug-likeness (QED) is 0.116. The molecule has 46 heavy (non-hydrogen) atoms. The van der Waals surface area contributed by atoms with Gasteiger partial charge in [0.05, 0.1) is 0 Å². The monoisotopic (exact) mass is 630 g/mol. The van der Waals surface area contributed by atoms with E-state index >= 15 is 0 Å². The first-order chi connectivity index (χ1) is 22.4. The highest BCUT2D eigenvalue weighted by molar-refractivity contribution is 7.80. The fraction of sp³-hybridized carbons (Fsp3) is 0.114. The molecule has 0 aliphatic heterocycles. The van der Waals surface area contributed by atoms with Crippen molar-refractivity contribution < 1.29 is 0 Å². The minimum absolute atomic E-state index is 0.135. The summed E-state index contributed by atoms with van der Waals surface area (Å²) < 4.78 is 0. The van der Waals surface area contributed by atoms with Crippen LogP contribution in [0.2, 0.25) is 0 Å². The molecule has 0 aliphatic carbocycles. The van der Waals surface area contributed by atoms with Crippen LogP contribution in [0.5, 0.6) is 0 Å². The van der Waals surface area contributed by atoms with Crippen molar-refractivity contribution in [2.75, 3.05) is 0 Å².